The van der Waals surface area contributed by atoms with E-state index in [1.807, 2.05) is 0 Å². The van der Waals surface area contributed by atoms with Crippen LogP contribution in [0.5, 0.6) is 0 Å². The molecule has 25 heavy (non-hydrogen) atoms. The summed E-state index contributed by atoms with van der Waals surface area (Å²) in [7, 11) is 12.2. The molecule has 6 nitrogen and oxygen atoms in total. The van der Waals surface area contributed by atoms with Crippen LogP contribution in [-0.2, 0) is 14.4 Å². The van der Waals surface area contributed by atoms with Crippen molar-refractivity contribution in [2.45, 2.75) is 0 Å². The average molecular weight is 527 g/mol. The Hall–Kier alpha value is 1.21. The van der Waals surface area contributed by atoms with E-state index in [1.54, 1.807) is 16.2 Å². The number of aliphatic carboxylic acids is 3. The zero-order valence-corrected chi connectivity index (χ0v) is 19.5. The first kappa shape index (κ1) is 26.2. The first-order valence-electron chi connectivity index (χ1n) is 5.16. The molecule has 3 aliphatic rings. The van der Waals surface area contributed by atoms with Crippen LogP contribution in [0.2, 0.25) is 0 Å². The molecule has 134 valence electrons. The van der Waals surface area contributed by atoms with E-state index in [-0.39, 0.29) is 9.90 Å². The van der Waals surface area contributed by atoms with E-state index in [2.05, 4.69) is 0 Å². The van der Waals surface area contributed by atoms with Gasteiger partial charge in [0.1, 0.15) is 0 Å². The number of carbonyl (C=O) groups is 3. The van der Waals surface area contributed by atoms with Crippen molar-refractivity contribution >= 4 is 122 Å². The van der Waals surface area contributed by atoms with E-state index in [1.165, 1.54) is 94.2 Å². The fraction of sp³-hybridized carbons (Fsp3) is 0. The quantitative estimate of drug-likeness (QED) is 0.395. The van der Waals surface area contributed by atoms with Gasteiger partial charge in [-0.15, -0.1) is 0 Å². The Morgan fingerprint density at radius 2 is 0.840 bits per heavy atom. The summed E-state index contributed by atoms with van der Waals surface area (Å²) < 4.78 is 0. The van der Waals surface area contributed by atoms with Crippen LogP contribution in [0, 0.1) is 0 Å². The van der Waals surface area contributed by atoms with E-state index in [0.29, 0.717) is 14.7 Å². The van der Waals surface area contributed by atoms with Crippen LogP contribution >= 0.6 is 104 Å². The molecule has 3 heterocycles. The van der Waals surface area contributed by atoms with Crippen molar-refractivity contribution in [3.8, 4) is 0 Å². The minimum absolute atomic E-state index is 0. The summed E-state index contributed by atoms with van der Waals surface area (Å²) in [6.07, 6.45) is 0. The molecule has 0 bridgehead atoms. The zero-order chi connectivity index (χ0) is 17.9. The van der Waals surface area contributed by atoms with Gasteiger partial charge in [0.05, 0.1) is 17.9 Å². The molecule has 3 rings (SSSR count). The molecule has 0 saturated heterocycles. The average Bonchev–Trinajstić information content (AvgIpc) is 3.29. The Labute approximate surface area is 181 Å². The standard InChI is InChI=1S/3C3H2O2S3.P/c3*4-3(5)2-1-6-8-7-2;/h3*1H,(H,4,5);/q;;;+3/p-3. The second-order valence-corrected chi connectivity index (χ2v) is 14.7. The van der Waals surface area contributed by atoms with E-state index < -0.39 is 17.9 Å². The molecular formula is C9H3O6PS9. The summed E-state index contributed by atoms with van der Waals surface area (Å²) in [5.41, 5.74) is 0. The smallest absolute Gasteiger partial charge is 0.544 e. The molecule has 0 saturated carbocycles. The molecule has 0 spiro atoms. The minimum atomic E-state index is -1.08. The number of carboxylic acid groups (broad SMARTS) is 3. The second-order valence-electron chi connectivity index (χ2n) is 3.05. The first-order chi connectivity index (χ1) is 11.4. The van der Waals surface area contributed by atoms with Gasteiger partial charge in [-0.3, -0.25) is 0 Å². The molecule has 0 N–H and O–H groups in total. The van der Waals surface area contributed by atoms with Gasteiger partial charge in [-0.1, -0.05) is 32.4 Å². The van der Waals surface area contributed by atoms with Crippen LogP contribution < -0.4 is 15.3 Å². The maximum absolute atomic E-state index is 9.97. The van der Waals surface area contributed by atoms with Crippen LogP contribution in [0.4, 0.5) is 0 Å². The topological polar surface area (TPSA) is 120 Å². The van der Waals surface area contributed by atoms with Crippen molar-refractivity contribution in [3.05, 3.63) is 30.9 Å². The first-order valence-corrected chi connectivity index (χ1v) is 15.8. The largest absolute Gasteiger partial charge is 3.00 e. The molecule has 0 aromatic rings. The monoisotopic (exact) mass is 526 g/mol. The van der Waals surface area contributed by atoms with Gasteiger partial charge >= 0.3 is 9.90 Å². The molecule has 0 fully saturated rings. The Kier molecular flexibility index (Phi) is 15.9. The van der Waals surface area contributed by atoms with Gasteiger partial charge in [-0.05, 0) is 78.1 Å². The molecule has 0 atom stereocenters. The zero-order valence-electron chi connectivity index (χ0n) is 11.3. The summed E-state index contributed by atoms with van der Waals surface area (Å²) in [4.78, 5) is 30.9. The fourth-order valence-corrected chi connectivity index (χ4v) is 11.3. The maximum Gasteiger partial charge on any atom is 3.00 e. The van der Waals surface area contributed by atoms with E-state index >= 15 is 0 Å². The fourth-order valence-electron chi connectivity index (χ4n) is 0.664. The number of carboxylic acids is 3. The van der Waals surface area contributed by atoms with Crippen LogP contribution in [0.25, 0.3) is 0 Å². The predicted molar refractivity (Wildman–Crippen MR) is 115 cm³/mol. The molecule has 0 aliphatic carbocycles. The Morgan fingerprint density at radius 3 is 0.920 bits per heavy atom. The van der Waals surface area contributed by atoms with Crippen molar-refractivity contribution in [1.82, 2.24) is 0 Å². The maximum atomic E-state index is 9.97. The third-order valence-corrected chi connectivity index (χ3v) is 12.6. The Morgan fingerprint density at radius 1 is 0.600 bits per heavy atom. The number of hydrogen-bond donors (Lipinski definition) is 0. The van der Waals surface area contributed by atoms with Crippen molar-refractivity contribution in [2.24, 2.45) is 0 Å². The molecule has 3 aliphatic heterocycles. The third kappa shape index (κ3) is 11.6. The van der Waals surface area contributed by atoms with Crippen molar-refractivity contribution in [3.63, 3.8) is 0 Å². The van der Waals surface area contributed by atoms with Gasteiger partial charge in [-0.2, -0.15) is 0 Å². The van der Waals surface area contributed by atoms with Crippen LogP contribution in [0.15, 0.2) is 30.9 Å². The summed E-state index contributed by atoms with van der Waals surface area (Å²) in [5, 5.41) is 34.6. The van der Waals surface area contributed by atoms with E-state index in [4.69, 9.17) is 0 Å². The van der Waals surface area contributed by atoms with Crippen LogP contribution in [0.1, 0.15) is 0 Å². The number of hydrogen-bond acceptors (Lipinski definition) is 15. The summed E-state index contributed by atoms with van der Waals surface area (Å²) in [6, 6.07) is 0. The van der Waals surface area contributed by atoms with Crippen LogP contribution in [0.3, 0.4) is 0 Å². The van der Waals surface area contributed by atoms with Crippen molar-refractivity contribution in [2.75, 3.05) is 0 Å². The van der Waals surface area contributed by atoms with Crippen LogP contribution in [-0.4, -0.2) is 17.9 Å². The van der Waals surface area contributed by atoms with Gasteiger partial charge in [0, 0.05) is 14.7 Å². The predicted octanol–water partition coefficient (Wildman–Crippen LogP) is 2.72. The van der Waals surface area contributed by atoms with Gasteiger partial charge in [0.15, 0.2) is 0 Å². The van der Waals surface area contributed by atoms with E-state index in [0.717, 1.165) is 0 Å². The summed E-state index contributed by atoms with van der Waals surface area (Å²) in [6.45, 7) is 0. The SMILES string of the molecule is O=C([O-])C1=CSSS1.O=C([O-])C1=CSSS1.O=C([O-])C1=CSSS1.[P+3]. The van der Waals surface area contributed by atoms with Gasteiger partial charge in [0.2, 0.25) is 0 Å². The summed E-state index contributed by atoms with van der Waals surface area (Å²) >= 11 is 0. The molecule has 0 amide bonds. The summed E-state index contributed by atoms with van der Waals surface area (Å²) in [5.74, 6) is -3.23. The molecule has 2 radical (unpaired) electrons. The molecule has 0 aromatic carbocycles. The Balaban J connectivity index is 0.000000339. The number of rotatable bonds is 3. The molecule has 0 aromatic heterocycles. The Bertz CT molecular complexity index is 511. The van der Waals surface area contributed by atoms with Gasteiger partial charge in [0.25, 0.3) is 0 Å². The van der Waals surface area contributed by atoms with E-state index in [9.17, 15) is 29.7 Å². The molecular weight excluding hydrogens is 524 g/mol. The third-order valence-electron chi connectivity index (χ3n) is 1.56. The second kappa shape index (κ2) is 15.2. The van der Waals surface area contributed by atoms with Crippen molar-refractivity contribution < 1.29 is 29.7 Å². The normalized spacial score (nSPS) is 17.5. The van der Waals surface area contributed by atoms with Crippen molar-refractivity contribution in [1.29, 1.82) is 0 Å². The van der Waals surface area contributed by atoms with Gasteiger partial charge in [-0.25, -0.2) is 0 Å². The molecule has 16 heteroatoms. The number of carbonyl (C=O) groups excluding carboxylic acids is 3. The molecule has 0 unspecified atom stereocenters. The van der Waals surface area contributed by atoms with Gasteiger partial charge < -0.3 is 29.7 Å². The minimum Gasteiger partial charge on any atom is -0.544 e.